The largest absolute Gasteiger partial charge is 0.508 e. The molecule has 0 radical (unpaired) electrons. The van der Waals surface area contributed by atoms with E-state index >= 15 is 0 Å². The van der Waals surface area contributed by atoms with Crippen molar-refractivity contribution in [1.82, 2.24) is 9.78 Å². The number of aryl methyl sites for hydroxylation is 3. The minimum atomic E-state index is -0.570. The fraction of sp³-hybridized carbons (Fsp3) is 0.176. The first-order valence-corrected chi connectivity index (χ1v) is 7.83. The minimum Gasteiger partial charge on any atom is -0.508 e. The van der Waals surface area contributed by atoms with Gasteiger partial charge in [-0.3, -0.25) is 4.68 Å². The Hall–Kier alpha value is -2.65. The van der Waals surface area contributed by atoms with Crippen molar-refractivity contribution in [3.05, 3.63) is 45.5 Å². The number of hydrogen-bond acceptors (Lipinski definition) is 4. The van der Waals surface area contributed by atoms with Crippen LogP contribution in [-0.2, 0) is 7.05 Å². The van der Waals surface area contributed by atoms with Gasteiger partial charge in [0.15, 0.2) is 0 Å². The van der Waals surface area contributed by atoms with Crippen molar-refractivity contribution >= 4 is 11.3 Å². The summed E-state index contributed by atoms with van der Waals surface area (Å²) in [5.41, 5.74) is 3.64. The molecule has 2 aromatic heterocycles. The minimum absolute atomic E-state index is 0.146. The number of aromatic hydroxyl groups is 1. The molecule has 0 aliphatic heterocycles. The Kier molecular flexibility index (Phi) is 3.66. The fourth-order valence-corrected chi connectivity index (χ4v) is 3.57. The molecule has 0 spiro atoms. The maximum absolute atomic E-state index is 14.3. The highest BCUT2D eigenvalue weighted by Crippen LogP contribution is 2.41. The number of phenolic OH excluding ortho intramolecular Hbond substituents is 1. The molecule has 4 nitrogen and oxygen atoms in total. The van der Waals surface area contributed by atoms with Gasteiger partial charge in [0.2, 0.25) is 0 Å². The average molecular weight is 327 g/mol. The number of thiophene rings is 1. The van der Waals surface area contributed by atoms with Crippen LogP contribution >= 0.6 is 11.3 Å². The third-order valence-electron chi connectivity index (χ3n) is 3.77. The molecular weight excluding hydrogens is 313 g/mol. The Balaban J connectivity index is 2.38. The van der Waals surface area contributed by atoms with Gasteiger partial charge in [-0.05, 0) is 36.9 Å². The van der Waals surface area contributed by atoms with Crippen molar-refractivity contribution in [3.8, 4) is 34.2 Å². The summed E-state index contributed by atoms with van der Waals surface area (Å²) in [4.78, 5) is 1.05. The molecule has 0 saturated heterocycles. The van der Waals surface area contributed by atoms with Crippen LogP contribution in [0.15, 0.2) is 23.6 Å². The molecule has 0 unspecified atom stereocenters. The molecule has 2 heterocycles. The van der Waals surface area contributed by atoms with Crippen molar-refractivity contribution < 1.29 is 9.50 Å². The van der Waals surface area contributed by atoms with Crippen LogP contribution in [0.3, 0.4) is 0 Å². The second-order valence-corrected chi connectivity index (χ2v) is 6.41. The summed E-state index contributed by atoms with van der Waals surface area (Å²) in [5, 5.41) is 25.3. The Morgan fingerprint density at radius 1 is 1.30 bits per heavy atom. The van der Waals surface area contributed by atoms with Crippen molar-refractivity contribution in [1.29, 1.82) is 5.26 Å². The SMILES string of the molecule is Cc1csc(C)c1-c1c(-c2ccc(O)cc2F)nn(C)c1C#N. The Morgan fingerprint density at radius 3 is 2.61 bits per heavy atom. The van der Waals surface area contributed by atoms with Gasteiger partial charge < -0.3 is 5.11 Å². The van der Waals surface area contributed by atoms with Crippen LogP contribution in [0.1, 0.15) is 16.1 Å². The maximum atomic E-state index is 14.3. The van der Waals surface area contributed by atoms with Gasteiger partial charge in [-0.25, -0.2) is 4.39 Å². The zero-order valence-electron chi connectivity index (χ0n) is 12.9. The zero-order chi connectivity index (χ0) is 16.7. The molecule has 0 fully saturated rings. The van der Waals surface area contributed by atoms with Crippen molar-refractivity contribution in [2.45, 2.75) is 13.8 Å². The Labute approximate surface area is 137 Å². The van der Waals surface area contributed by atoms with Gasteiger partial charge in [0, 0.05) is 34.7 Å². The molecule has 0 amide bonds. The summed E-state index contributed by atoms with van der Waals surface area (Å²) < 4.78 is 15.8. The number of rotatable bonds is 2. The molecule has 3 rings (SSSR count). The standard InChI is InChI=1S/C17H14FN3OS/c1-9-8-23-10(2)15(9)16-14(7-19)21(3)20-17(16)12-5-4-11(22)6-13(12)18/h4-6,8,22H,1-3H3. The second kappa shape index (κ2) is 5.52. The van der Waals surface area contributed by atoms with E-state index in [0.29, 0.717) is 17.0 Å². The van der Waals surface area contributed by atoms with Crippen LogP contribution in [0.25, 0.3) is 22.4 Å². The van der Waals surface area contributed by atoms with E-state index < -0.39 is 5.82 Å². The Morgan fingerprint density at radius 2 is 2.04 bits per heavy atom. The molecule has 1 aromatic carbocycles. The van der Waals surface area contributed by atoms with Crippen molar-refractivity contribution in [3.63, 3.8) is 0 Å². The smallest absolute Gasteiger partial charge is 0.146 e. The van der Waals surface area contributed by atoms with Gasteiger partial charge in [-0.1, -0.05) is 0 Å². The molecular formula is C17H14FN3OS. The first-order chi connectivity index (χ1) is 10.9. The predicted molar refractivity (Wildman–Crippen MR) is 87.8 cm³/mol. The topological polar surface area (TPSA) is 61.8 Å². The molecule has 6 heteroatoms. The maximum Gasteiger partial charge on any atom is 0.146 e. The number of phenols is 1. The van der Waals surface area contributed by atoms with Gasteiger partial charge in [-0.15, -0.1) is 11.3 Å². The van der Waals surface area contributed by atoms with Gasteiger partial charge in [-0.2, -0.15) is 10.4 Å². The van der Waals surface area contributed by atoms with Crippen molar-refractivity contribution in [2.75, 3.05) is 0 Å². The Bertz CT molecular complexity index is 930. The number of hydrogen-bond donors (Lipinski definition) is 1. The third-order valence-corrected chi connectivity index (χ3v) is 4.80. The highest BCUT2D eigenvalue weighted by atomic mass is 32.1. The predicted octanol–water partition coefficient (Wildman–Crippen LogP) is 4.15. The number of nitriles is 1. The zero-order valence-corrected chi connectivity index (χ0v) is 13.7. The van der Waals surface area contributed by atoms with Crippen LogP contribution in [0.5, 0.6) is 5.75 Å². The van der Waals surface area contributed by atoms with E-state index in [1.54, 1.807) is 18.4 Å². The van der Waals surface area contributed by atoms with Crippen LogP contribution in [-0.4, -0.2) is 14.9 Å². The highest BCUT2D eigenvalue weighted by molar-refractivity contribution is 7.10. The molecule has 1 N–H and O–H groups in total. The van der Waals surface area contributed by atoms with Crippen LogP contribution < -0.4 is 0 Å². The number of aromatic nitrogens is 2. The number of benzene rings is 1. The normalized spacial score (nSPS) is 10.7. The highest BCUT2D eigenvalue weighted by Gasteiger charge is 2.24. The second-order valence-electron chi connectivity index (χ2n) is 5.32. The molecule has 23 heavy (non-hydrogen) atoms. The lowest BCUT2D eigenvalue weighted by Gasteiger charge is -2.06. The molecule has 0 aliphatic carbocycles. The summed E-state index contributed by atoms with van der Waals surface area (Å²) in [6, 6.07) is 6.10. The van der Waals surface area contributed by atoms with E-state index in [1.807, 2.05) is 19.2 Å². The molecule has 3 aromatic rings. The summed E-state index contributed by atoms with van der Waals surface area (Å²) in [6.07, 6.45) is 0. The van der Waals surface area contributed by atoms with Gasteiger partial charge in [0.25, 0.3) is 0 Å². The molecule has 0 aliphatic rings. The number of halogens is 1. The molecule has 0 saturated carbocycles. The van der Waals surface area contributed by atoms with Crippen LogP contribution in [0.2, 0.25) is 0 Å². The van der Waals surface area contributed by atoms with E-state index in [2.05, 4.69) is 11.2 Å². The monoisotopic (exact) mass is 327 g/mol. The van der Waals surface area contributed by atoms with E-state index in [0.717, 1.165) is 22.1 Å². The summed E-state index contributed by atoms with van der Waals surface area (Å²) in [6.45, 7) is 3.93. The first-order valence-electron chi connectivity index (χ1n) is 6.95. The van der Waals surface area contributed by atoms with Gasteiger partial charge in [0.1, 0.15) is 29.0 Å². The van der Waals surface area contributed by atoms with E-state index in [9.17, 15) is 14.8 Å². The van der Waals surface area contributed by atoms with E-state index in [4.69, 9.17) is 0 Å². The van der Waals surface area contributed by atoms with Crippen LogP contribution in [0, 0.1) is 31.0 Å². The molecule has 0 bridgehead atoms. The lowest BCUT2D eigenvalue weighted by atomic mass is 9.96. The molecule has 116 valence electrons. The quantitative estimate of drug-likeness (QED) is 0.769. The van der Waals surface area contributed by atoms with Gasteiger partial charge >= 0.3 is 0 Å². The summed E-state index contributed by atoms with van der Waals surface area (Å²) in [5.74, 6) is -0.716. The van der Waals surface area contributed by atoms with Gasteiger partial charge in [0.05, 0.1) is 0 Å². The summed E-state index contributed by atoms with van der Waals surface area (Å²) in [7, 11) is 1.67. The van der Waals surface area contributed by atoms with Crippen LogP contribution in [0.4, 0.5) is 4.39 Å². The lowest BCUT2D eigenvalue weighted by Crippen LogP contribution is -1.94. The lowest BCUT2D eigenvalue weighted by molar-refractivity contribution is 0.469. The first kappa shape index (κ1) is 15.3. The fourth-order valence-electron chi connectivity index (χ4n) is 2.72. The third kappa shape index (κ3) is 2.39. The van der Waals surface area contributed by atoms with E-state index in [-0.39, 0.29) is 11.3 Å². The van der Waals surface area contributed by atoms with E-state index in [1.165, 1.54) is 16.8 Å². The average Bonchev–Trinajstić information content (AvgIpc) is 2.98. The molecule has 0 atom stereocenters. The van der Waals surface area contributed by atoms with Crippen molar-refractivity contribution in [2.24, 2.45) is 7.05 Å². The summed E-state index contributed by atoms with van der Waals surface area (Å²) >= 11 is 1.58. The number of nitrogens with zero attached hydrogens (tertiary/aromatic N) is 3.